The van der Waals surface area contributed by atoms with Crippen molar-refractivity contribution in [3.8, 4) is 0 Å². The van der Waals surface area contributed by atoms with Crippen LogP contribution >= 0.6 is 0 Å². The Kier molecular flexibility index (Phi) is 5.30. The van der Waals surface area contributed by atoms with Gasteiger partial charge in [0.05, 0.1) is 24.7 Å². The lowest BCUT2D eigenvalue weighted by atomic mass is 9.93. The van der Waals surface area contributed by atoms with Crippen molar-refractivity contribution < 1.29 is 28.9 Å². The van der Waals surface area contributed by atoms with Crippen LogP contribution in [0.4, 0.5) is 0 Å². The number of aliphatic carboxylic acids is 1. The second-order valence-corrected chi connectivity index (χ2v) is 5.27. The third kappa shape index (κ3) is 4.05. The van der Waals surface area contributed by atoms with Crippen molar-refractivity contribution in [3.63, 3.8) is 0 Å². The summed E-state index contributed by atoms with van der Waals surface area (Å²) in [6.07, 6.45) is -0.103. The zero-order valence-corrected chi connectivity index (χ0v) is 12.3. The molecule has 0 bridgehead atoms. The van der Waals surface area contributed by atoms with Crippen LogP contribution < -0.4 is 0 Å². The van der Waals surface area contributed by atoms with Crippen molar-refractivity contribution in [3.05, 3.63) is 12.2 Å². The maximum Gasteiger partial charge on any atom is 0.330 e. The Morgan fingerprint density at radius 1 is 1.35 bits per heavy atom. The van der Waals surface area contributed by atoms with Gasteiger partial charge in [0.1, 0.15) is 0 Å². The first-order chi connectivity index (χ1) is 9.15. The molecule has 1 rings (SSSR count). The van der Waals surface area contributed by atoms with Gasteiger partial charge in [0.15, 0.2) is 5.79 Å². The summed E-state index contributed by atoms with van der Waals surface area (Å²) < 4.78 is 16.6. The zero-order chi connectivity index (χ0) is 15.5. The molecule has 3 unspecified atom stereocenters. The topological polar surface area (TPSA) is 82.1 Å². The van der Waals surface area contributed by atoms with Crippen LogP contribution in [0, 0.1) is 5.92 Å². The van der Waals surface area contributed by atoms with Crippen LogP contribution in [0.2, 0.25) is 0 Å². The molecule has 1 aliphatic heterocycles. The highest BCUT2D eigenvalue weighted by Gasteiger charge is 2.46. The number of carbonyl (C=O) groups is 2. The maximum atomic E-state index is 11.0. The molecule has 0 amide bonds. The van der Waals surface area contributed by atoms with E-state index in [1.54, 1.807) is 6.92 Å². The van der Waals surface area contributed by atoms with Crippen molar-refractivity contribution in [1.29, 1.82) is 0 Å². The van der Waals surface area contributed by atoms with Crippen LogP contribution in [0.25, 0.3) is 0 Å². The van der Waals surface area contributed by atoms with Gasteiger partial charge in [-0.15, -0.1) is 0 Å². The van der Waals surface area contributed by atoms with Crippen LogP contribution in [0.15, 0.2) is 12.2 Å². The van der Waals surface area contributed by atoms with Crippen molar-refractivity contribution in [2.75, 3.05) is 6.61 Å². The first-order valence-electron chi connectivity index (χ1n) is 6.55. The fraction of sp³-hybridized carbons (Fsp3) is 0.714. The number of hydrogen-bond donors (Lipinski definition) is 1. The van der Waals surface area contributed by atoms with Gasteiger partial charge in [-0.05, 0) is 27.2 Å². The second-order valence-electron chi connectivity index (χ2n) is 5.27. The number of esters is 1. The molecule has 0 aromatic rings. The molecule has 3 atom stereocenters. The molecule has 0 saturated carbocycles. The highest BCUT2D eigenvalue weighted by Crippen LogP contribution is 2.37. The normalized spacial score (nSPS) is 30.8. The molecule has 1 heterocycles. The monoisotopic (exact) mass is 286 g/mol. The Bertz CT molecular complexity index is 392. The van der Waals surface area contributed by atoms with Gasteiger partial charge in [-0.3, -0.25) is 4.79 Å². The van der Waals surface area contributed by atoms with Crippen LogP contribution in [0.5, 0.6) is 0 Å². The minimum Gasteiger partial charge on any atom is -0.478 e. The fourth-order valence-electron chi connectivity index (χ4n) is 2.15. The highest BCUT2D eigenvalue weighted by atomic mass is 16.8. The van der Waals surface area contributed by atoms with Crippen molar-refractivity contribution >= 4 is 11.9 Å². The first-order valence-corrected chi connectivity index (χ1v) is 6.55. The molecule has 6 heteroatoms. The van der Waals surface area contributed by atoms with Gasteiger partial charge in [0, 0.05) is 12.5 Å². The van der Waals surface area contributed by atoms with Gasteiger partial charge in [0.25, 0.3) is 0 Å². The summed E-state index contributed by atoms with van der Waals surface area (Å²) >= 11 is 0. The van der Waals surface area contributed by atoms with E-state index in [9.17, 15) is 9.59 Å². The van der Waals surface area contributed by atoms with E-state index < -0.39 is 23.6 Å². The molecule has 0 aromatic heterocycles. The number of carboxylic acids is 1. The molecule has 20 heavy (non-hydrogen) atoms. The van der Waals surface area contributed by atoms with Gasteiger partial charge < -0.3 is 19.3 Å². The summed E-state index contributed by atoms with van der Waals surface area (Å²) in [5.74, 6) is -2.94. The van der Waals surface area contributed by atoms with Crippen molar-refractivity contribution in [2.45, 2.75) is 52.1 Å². The lowest BCUT2D eigenvalue weighted by molar-refractivity contribution is -0.206. The molecule has 114 valence electrons. The lowest BCUT2D eigenvalue weighted by Crippen LogP contribution is -2.40. The van der Waals surface area contributed by atoms with Gasteiger partial charge >= 0.3 is 11.9 Å². The van der Waals surface area contributed by atoms with Crippen LogP contribution in [-0.4, -0.2) is 41.6 Å². The summed E-state index contributed by atoms with van der Waals surface area (Å²) in [7, 11) is 0. The number of rotatable bonds is 6. The molecule has 6 nitrogen and oxygen atoms in total. The summed E-state index contributed by atoms with van der Waals surface area (Å²) in [6.45, 7) is 10.3. The van der Waals surface area contributed by atoms with E-state index in [4.69, 9.17) is 19.3 Å². The maximum absolute atomic E-state index is 11.0. The first kappa shape index (κ1) is 16.7. The molecule has 1 N–H and O–H groups in total. The van der Waals surface area contributed by atoms with E-state index in [0.29, 0.717) is 0 Å². The van der Waals surface area contributed by atoms with Gasteiger partial charge in [-0.2, -0.15) is 0 Å². The number of carboxylic acid groups (broad SMARTS) is 1. The van der Waals surface area contributed by atoms with Gasteiger partial charge in [-0.25, -0.2) is 4.79 Å². The van der Waals surface area contributed by atoms with E-state index >= 15 is 0 Å². The SMILES string of the molecule is C=C(CC(COC(C)=O)C1(C)OC(C)C(C)O1)C(=O)O. The van der Waals surface area contributed by atoms with E-state index in [-0.39, 0.29) is 30.8 Å². The van der Waals surface area contributed by atoms with Crippen molar-refractivity contribution in [2.24, 2.45) is 5.92 Å². The third-order valence-electron chi connectivity index (χ3n) is 3.53. The third-order valence-corrected chi connectivity index (χ3v) is 3.53. The van der Waals surface area contributed by atoms with Crippen molar-refractivity contribution in [1.82, 2.24) is 0 Å². The summed E-state index contributed by atoms with van der Waals surface area (Å²) in [4.78, 5) is 21.9. The predicted molar refractivity (Wildman–Crippen MR) is 71.0 cm³/mol. The van der Waals surface area contributed by atoms with E-state index in [1.165, 1.54) is 6.92 Å². The largest absolute Gasteiger partial charge is 0.478 e. The second kappa shape index (κ2) is 6.37. The summed E-state index contributed by atoms with van der Waals surface area (Å²) in [5.41, 5.74) is 0.0304. The average molecular weight is 286 g/mol. The van der Waals surface area contributed by atoms with Crippen LogP contribution in [-0.2, 0) is 23.8 Å². The summed E-state index contributed by atoms with van der Waals surface area (Å²) in [5, 5.41) is 8.95. The molecule has 0 aliphatic carbocycles. The Morgan fingerprint density at radius 3 is 2.25 bits per heavy atom. The van der Waals surface area contributed by atoms with E-state index in [1.807, 2.05) is 13.8 Å². The Balaban J connectivity index is 2.83. The fourth-order valence-corrected chi connectivity index (χ4v) is 2.15. The molecule has 0 radical (unpaired) electrons. The highest BCUT2D eigenvalue weighted by molar-refractivity contribution is 5.85. The molecule has 0 spiro atoms. The molecule has 1 fully saturated rings. The number of hydrogen-bond acceptors (Lipinski definition) is 5. The van der Waals surface area contributed by atoms with Gasteiger partial charge in [-0.1, -0.05) is 6.58 Å². The molecular weight excluding hydrogens is 264 g/mol. The van der Waals surface area contributed by atoms with Crippen LogP contribution in [0.3, 0.4) is 0 Å². The zero-order valence-electron chi connectivity index (χ0n) is 12.3. The number of ether oxygens (including phenoxy) is 3. The minimum absolute atomic E-state index is 0.0254. The predicted octanol–water partition coefficient (Wildman–Crippen LogP) is 1.74. The Labute approximate surface area is 118 Å². The van der Waals surface area contributed by atoms with E-state index in [0.717, 1.165) is 0 Å². The Morgan fingerprint density at radius 2 is 1.85 bits per heavy atom. The quantitative estimate of drug-likeness (QED) is 0.591. The molecule has 0 aromatic carbocycles. The Hall–Kier alpha value is -1.40. The summed E-state index contributed by atoms with van der Waals surface area (Å²) in [6, 6.07) is 0. The lowest BCUT2D eigenvalue weighted by Gasteiger charge is -2.32. The smallest absolute Gasteiger partial charge is 0.330 e. The average Bonchev–Trinajstić information content (AvgIpc) is 2.58. The molecular formula is C14H22O6. The number of carbonyl (C=O) groups excluding carboxylic acids is 1. The molecule has 1 saturated heterocycles. The van der Waals surface area contributed by atoms with Crippen LogP contribution in [0.1, 0.15) is 34.1 Å². The standard InChI is InChI=1S/C14H22O6/c1-8(13(16)17)6-12(7-18-11(4)15)14(5)19-9(2)10(3)20-14/h9-10,12H,1,6-7H2,2-5H3,(H,16,17). The van der Waals surface area contributed by atoms with E-state index in [2.05, 4.69) is 6.58 Å². The minimum atomic E-state index is -1.08. The van der Waals surface area contributed by atoms with Gasteiger partial charge in [0.2, 0.25) is 0 Å². The molecule has 1 aliphatic rings.